The molecule has 0 saturated heterocycles. The Bertz CT molecular complexity index is 487. The molecule has 0 aliphatic heterocycles. The molecule has 0 heterocycles. The Balaban J connectivity index is 2.67. The molecule has 116 valence electrons. The van der Waals surface area contributed by atoms with Crippen LogP contribution in [0.2, 0.25) is 0 Å². The first kappa shape index (κ1) is 17.9. The van der Waals surface area contributed by atoms with Crippen molar-refractivity contribution in [3.63, 3.8) is 0 Å². The van der Waals surface area contributed by atoms with Crippen molar-refractivity contribution < 1.29 is 19.8 Å². The number of carbonyl (C=O) groups is 2. The molecule has 0 aromatic heterocycles. The Hall–Kier alpha value is -1.15. The highest BCUT2D eigenvalue weighted by molar-refractivity contribution is 14.1. The van der Waals surface area contributed by atoms with Gasteiger partial charge in [-0.3, -0.25) is 4.79 Å². The highest BCUT2D eigenvalue weighted by Crippen LogP contribution is 2.10. The number of aliphatic hydroxyl groups excluding tert-OH is 1. The van der Waals surface area contributed by atoms with Gasteiger partial charge in [-0.05, 0) is 52.6 Å². The normalized spacial score (nSPS) is 13.8. The highest BCUT2D eigenvalue weighted by atomic mass is 127. The lowest BCUT2D eigenvalue weighted by atomic mass is 10.0. The molecular formula is C15H20INO4. The van der Waals surface area contributed by atoms with E-state index in [9.17, 15) is 19.8 Å². The van der Waals surface area contributed by atoms with Gasteiger partial charge in [0.15, 0.2) is 0 Å². The molecule has 0 saturated carbocycles. The van der Waals surface area contributed by atoms with Crippen molar-refractivity contribution in [3.05, 3.63) is 33.4 Å². The Labute approximate surface area is 137 Å². The van der Waals surface area contributed by atoms with Crippen LogP contribution in [0, 0.1) is 9.49 Å². The maximum absolute atomic E-state index is 11.8. The second-order valence-corrected chi connectivity index (χ2v) is 6.62. The van der Waals surface area contributed by atoms with Crippen LogP contribution in [-0.2, 0) is 16.0 Å². The number of halogens is 1. The zero-order valence-electron chi connectivity index (χ0n) is 12.0. The number of benzene rings is 1. The van der Waals surface area contributed by atoms with Gasteiger partial charge in [0.2, 0.25) is 5.91 Å². The predicted molar refractivity (Wildman–Crippen MR) is 87.9 cm³/mol. The molecule has 1 aromatic rings. The smallest absolute Gasteiger partial charge is 0.326 e. The van der Waals surface area contributed by atoms with Gasteiger partial charge in [-0.2, -0.15) is 0 Å². The topological polar surface area (TPSA) is 86.6 Å². The molecule has 5 nitrogen and oxygen atoms in total. The van der Waals surface area contributed by atoms with E-state index in [-0.39, 0.29) is 12.3 Å². The molecule has 0 bridgehead atoms. The zero-order chi connectivity index (χ0) is 16.0. The number of carboxylic acid groups (broad SMARTS) is 1. The van der Waals surface area contributed by atoms with Crippen molar-refractivity contribution >= 4 is 34.5 Å². The largest absolute Gasteiger partial charge is 0.480 e. The molecule has 0 fully saturated rings. The van der Waals surface area contributed by atoms with E-state index in [0.29, 0.717) is 6.42 Å². The van der Waals surface area contributed by atoms with Gasteiger partial charge in [0.25, 0.3) is 0 Å². The van der Waals surface area contributed by atoms with Crippen LogP contribution in [0.25, 0.3) is 0 Å². The van der Waals surface area contributed by atoms with Crippen molar-refractivity contribution in [2.75, 3.05) is 0 Å². The maximum atomic E-state index is 11.8. The molecule has 0 aliphatic carbocycles. The lowest BCUT2D eigenvalue weighted by Crippen LogP contribution is -2.46. The van der Waals surface area contributed by atoms with Gasteiger partial charge in [-0.1, -0.05) is 26.0 Å². The summed E-state index contributed by atoms with van der Waals surface area (Å²) in [5, 5.41) is 21.3. The summed E-state index contributed by atoms with van der Waals surface area (Å²) in [4.78, 5) is 23.1. The Morgan fingerprint density at radius 1 is 1.24 bits per heavy atom. The van der Waals surface area contributed by atoms with E-state index in [0.717, 1.165) is 9.13 Å². The number of hydrogen-bond donors (Lipinski definition) is 3. The minimum Gasteiger partial charge on any atom is -0.480 e. The summed E-state index contributed by atoms with van der Waals surface area (Å²) in [5.41, 5.74) is 0.821. The van der Waals surface area contributed by atoms with E-state index in [1.807, 2.05) is 38.1 Å². The number of carboxylic acids is 1. The van der Waals surface area contributed by atoms with E-state index >= 15 is 0 Å². The molecule has 0 radical (unpaired) electrons. The Kier molecular flexibility index (Phi) is 7.10. The van der Waals surface area contributed by atoms with Crippen LogP contribution in [0.3, 0.4) is 0 Å². The summed E-state index contributed by atoms with van der Waals surface area (Å²) < 4.78 is 1.06. The number of aliphatic hydroxyl groups is 1. The van der Waals surface area contributed by atoms with Crippen molar-refractivity contribution in [2.45, 2.75) is 38.8 Å². The first-order valence-corrected chi connectivity index (χ1v) is 7.83. The van der Waals surface area contributed by atoms with Crippen molar-refractivity contribution in [2.24, 2.45) is 5.92 Å². The lowest BCUT2D eigenvalue weighted by molar-refractivity contribution is -0.143. The minimum absolute atomic E-state index is 0.158. The van der Waals surface area contributed by atoms with Gasteiger partial charge in [-0.15, -0.1) is 0 Å². The second-order valence-electron chi connectivity index (χ2n) is 5.38. The van der Waals surface area contributed by atoms with Gasteiger partial charge in [0.1, 0.15) is 12.1 Å². The van der Waals surface area contributed by atoms with Crippen LogP contribution in [0.1, 0.15) is 25.8 Å². The van der Waals surface area contributed by atoms with Crippen LogP contribution in [0.15, 0.2) is 24.3 Å². The maximum Gasteiger partial charge on any atom is 0.326 e. The molecule has 1 amide bonds. The molecular weight excluding hydrogens is 385 g/mol. The number of aliphatic carboxylic acids is 1. The molecule has 1 rings (SSSR count). The third-order valence-corrected chi connectivity index (χ3v) is 3.68. The number of nitrogens with one attached hydrogen (secondary N) is 1. The lowest BCUT2D eigenvalue weighted by Gasteiger charge is -2.18. The Morgan fingerprint density at radius 2 is 1.81 bits per heavy atom. The van der Waals surface area contributed by atoms with Crippen LogP contribution < -0.4 is 5.32 Å². The fourth-order valence-electron chi connectivity index (χ4n) is 1.88. The average molecular weight is 405 g/mol. The standard InChI is InChI=1S/C15H20INO4/c1-9(2)7-13(18)14(19)17-12(15(20)21)8-10-3-5-11(16)6-4-10/h3-6,9,12-13,18H,7-8H2,1-2H3,(H,17,19)(H,20,21)/t12-,13-/m1/s1. The minimum atomic E-state index is -1.18. The monoisotopic (exact) mass is 405 g/mol. The fourth-order valence-corrected chi connectivity index (χ4v) is 2.24. The molecule has 21 heavy (non-hydrogen) atoms. The third-order valence-electron chi connectivity index (χ3n) is 2.96. The molecule has 2 atom stereocenters. The second kappa shape index (κ2) is 8.33. The van der Waals surface area contributed by atoms with E-state index in [4.69, 9.17) is 0 Å². The van der Waals surface area contributed by atoms with Crippen LogP contribution in [0.5, 0.6) is 0 Å². The average Bonchev–Trinajstić information content (AvgIpc) is 2.39. The molecule has 0 spiro atoms. The summed E-state index contributed by atoms with van der Waals surface area (Å²) in [5.74, 6) is -1.59. The van der Waals surface area contributed by atoms with Gasteiger partial charge < -0.3 is 15.5 Å². The third kappa shape index (κ3) is 6.43. The van der Waals surface area contributed by atoms with Crippen LogP contribution in [-0.4, -0.2) is 34.2 Å². The molecule has 6 heteroatoms. The van der Waals surface area contributed by atoms with Crippen molar-refractivity contribution in [3.8, 4) is 0 Å². The molecule has 3 N–H and O–H groups in total. The number of rotatable bonds is 7. The summed E-state index contributed by atoms with van der Waals surface area (Å²) >= 11 is 2.16. The number of carbonyl (C=O) groups excluding carboxylic acids is 1. The SMILES string of the molecule is CC(C)C[C@@H](O)C(=O)N[C@H](Cc1ccc(I)cc1)C(=O)O. The van der Waals surface area contributed by atoms with Gasteiger partial charge in [0.05, 0.1) is 0 Å². The number of hydrogen-bond acceptors (Lipinski definition) is 3. The van der Waals surface area contributed by atoms with Crippen LogP contribution in [0.4, 0.5) is 0 Å². The van der Waals surface area contributed by atoms with E-state index < -0.39 is 24.0 Å². The first-order valence-electron chi connectivity index (χ1n) is 6.75. The fraction of sp³-hybridized carbons (Fsp3) is 0.467. The van der Waals surface area contributed by atoms with Crippen LogP contribution >= 0.6 is 22.6 Å². The molecule has 1 aromatic carbocycles. The van der Waals surface area contributed by atoms with Crippen molar-refractivity contribution in [1.29, 1.82) is 0 Å². The van der Waals surface area contributed by atoms with E-state index in [1.165, 1.54) is 0 Å². The molecule has 0 aliphatic rings. The summed E-state index contributed by atoms with van der Waals surface area (Å²) in [7, 11) is 0. The zero-order valence-corrected chi connectivity index (χ0v) is 14.2. The van der Waals surface area contributed by atoms with Crippen molar-refractivity contribution in [1.82, 2.24) is 5.32 Å². The summed E-state index contributed by atoms with van der Waals surface area (Å²) in [6.07, 6.45) is -0.683. The predicted octanol–water partition coefficient (Wildman–Crippen LogP) is 1.81. The number of amides is 1. The first-order chi connectivity index (χ1) is 9.79. The van der Waals surface area contributed by atoms with Gasteiger partial charge in [0, 0.05) is 9.99 Å². The van der Waals surface area contributed by atoms with Gasteiger partial charge >= 0.3 is 5.97 Å². The Morgan fingerprint density at radius 3 is 2.29 bits per heavy atom. The van der Waals surface area contributed by atoms with Gasteiger partial charge in [-0.25, -0.2) is 4.79 Å². The van der Waals surface area contributed by atoms with E-state index in [2.05, 4.69) is 27.9 Å². The summed E-state index contributed by atoms with van der Waals surface area (Å²) in [6.45, 7) is 3.77. The highest BCUT2D eigenvalue weighted by Gasteiger charge is 2.24. The quantitative estimate of drug-likeness (QED) is 0.604. The molecule has 0 unspecified atom stereocenters. The van der Waals surface area contributed by atoms with E-state index in [1.54, 1.807) is 0 Å². The summed E-state index contributed by atoms with van der Waals surface area (Å²) in [6, 6.07) is 6.37.